The lowest BCUT2D eigenvalue weighted by Gasteiger charge is -2.11. The van der Waals surface area contributed by atoms with Crippen LogP contribution < -0.4 is 49.4 Å². The molecule has 0 saturated carbocycles. The number of benzene rings is 2. The minimum Gasteiger partial charge on any atom is -0.481 e. The molecule has 81 heavy (non-hydrogen) atoms. The molecule has 6 aromatic rings. The Morgan fingerprint density at radius 3 is 1.67 bits per heavy atom. The predicted molar refractivity (Wildman–Crippen MR) is 267 cm³/mol. The van der Waals surface area contributed by atoms with Crippen LogP contribution >= 0.6 is 23.2 Å². The topological polar surface area (TPSA) is 409 Å². The SMILES string of the molecule is CCS(=O)(=O)c1cccnc1S(=O)(=O)NC(=O)Nc1nc(OC)cc(OC)n1.Cc1nn(-c2cc(NS(C)(=O)=O)c(Cl)cc2Cl)c(=O)n1C(F)F.O=C(Nc1nc(OC(F)F)cc(OC(F)F)n1)NS(=O)(=O)c1ccccc1C(=O)O. The van der Waals surface area contributed by atoms with Crippen molar-refractivity contribution in [2.24, 2.45) is 0 Å². The van der Waals surface area contributed by atoms with Gasteiger partial charge in [0.15, 0.2) is 14.9 Å². The molecule has 4 aromatic heterocycles. The lowest BCUT2D eigenvalue weighted by Crippen LogP contribution is -2.36. The van der Waals surface area contributed by atoms with E-state index in [1.54, 1.807) is 10.0 Å². The third-order valence-electron chi connectivity index (χ3n) is 8.95. The van der Waals surface area contributed by atoms with E-state index in [2.05, 4.69) is 49.5 Å². The van der Waals surface area contributed by atoms with E-state index in [0.29, 0.717) is 10.7 Å². The van der Waals surface area contributed by atoms with Crippen molar-refractivity contribution in [3.63, 3.8) is 0 Å². The Balaban J connectivity index is 0.000000264. The molecule has 4 heterocycles. The average Bonchev–Trinajstić information content (AvgIpc) is 3.89. The number of carboxylic acids is 1. The first kappa shape index (κ1) is 65.2. The number of aromatic nitrogens is 8. The molecule has 42 heteroatoms. The molecule has 0 atom stereocenters. The second-order valence-corrected chi connectivity index (χ2v) is 22.6. The smallest absolute Gasteiger partial charge is 0.388 e. The number of aryl methyl sites for hydroxylation is 1. The molecular weight excluding hydrogens is 1240 g/mol. The summed E-state index contributed by atoms with van der Waals surface area (Å²) in [7, 11) is -14.2. The monoisotopic (exact) mass is 1270 g/mol. The Labute approximate surface area is 461 Å². The van der Waals surface area contributed by atoms with Crippen molar-refractivity contribution in [2.75, 3.05) is 41.6 Å². The Bertz CT molecular complexity index is 3800. The lowest BCUT2D eigenvalue weighted by atomic mass is 10.2. The molecule has 6 N–H and O–H groups in total. The van der Waals surface area contributed by atoms with Crippen LogP contribution in [-0.2, 0) is 39.9 Å². The zero-order chi connectivity index (χ0) is 60.9. The van der Waals surface area contributed by atoms with Gasteiger partial charge in [0.25, 0.3) is 20.0 Å². The number of hydrogen-bond acceptors (Lipinski definition) is 22. The number of carboxylic acid groups (broad SMARTS) is 1. The first-order valence-electron chi connectivity index (χ1n) is 21.0. The van der Waals surface area contributed by atoms with E-state index in [1.165, 1.54) is 63.1 Å². The average molecular weight is 1270 g/mol. The molecule has 440 valence electrons. The minimum absolute atomic E-state index is 0.0257. The third kappa shape index (κ3) is 18.3. The van der Waals surface area contributed by atoms with Crippen LogP contribution in [0.2, 0.25) is 10.0 Å². The fraction of sp³-hybridized carbons (Fsp3) is 0.231. The van der Waals surface area contributed by atoms with Gasteiger partial charge in [-0.3, -0.25) is 15.4 Å². The summed E-state index contributed by atoms with van der Waals surface area (Å²) in [6.07, 6.45) is 2.00. The number of hydrogen-bond donors (Lipinski definition) is 6. The largest absolute Gasteiger partial charge is 0.481 e. The van der Waals surface area contributed by atoms with Crippen molar-refractivity contribution in [1.29, 1.82) is 0 Å². The van der Waals surface area contributed by atoms with E-state index in [1.807, 2.05) is 0 Å². The second kappa shape index (κ2) is 27.2. The summed E-state index contributed by atoms with van der Waals surface area (Å²) in [6.45, 7) is -7.31. The number of carbonyl (C=O) groups excluding carboxylic acids is 2. The first-order chi connectivity index (χ1) is 37.6. The fourth-order valence-corrected chi connectivity index (χ4v) is 10.5. The number of nitrogens with one attached hydrogen (secondary N) is 5. The van der Waals surface area contributed by atoms with Crippen LogP contribution in [0.3, 0.4) is 0 Å². The van der Waals surface area contributed by atoms with Gasteiger partial charge in [-0.05, 0) is 43.3 Å². The van der Waals surface area contributed by atoms with Gasteiger partial charge < -0.3 is 24.1 Å². The molecule has 0 fully saturated rings. The number of nitrogens with zero attached hydrogens (tertiary/aromatic N) is 8. The van der Waals surface area contributed by atoms with E-state index < -0.39 is 121 Å². The minimum atomic E-state index is -4.71. The van der Waals surface area contributed by atoms with Crippen molar-refractivity contribution in [2.45, 2.75) is 48.4 Å². The van der Waals surface area contributed by atoms with E-state index in [0.717, 1.165) is 36.7 Å². The number of ether oxygens (including phenoxy) is 4. The Morgan fingerprint density at radius 1 is 0.704 bits per heavy atom. The maximum Gasteiger partial charge on any atom is 0.388 e. The molecule has 2 aromatic carbocycles. The van der Waals surface area contributed by atoms with Crippen LogP contribution in [0.25, 0.3) is 5.69 Å². The van der Waals surface area contributed by atoms with Crippen molar-refractivity contribution in [3.8, 4) is 29.2 Å². The second-order valence-electron chi connectivity index (χ2n) is 14.6. The van der Waals surface area contributed by atoms with Gasteiger partial charge >= 0.3 is 43.5 Å². The molecule has 0 saturated heterocycles. The van der Waals surface area contributed by atoms with Crippen molar-refractivity contribution >= 4 is 98.7 Å². The highest BCUT2D eigenvalue weighted by Crippen LogP contribution is 2.32. The fourth-order valence-electron chi connectivity index (χ4n) is 5.72. The Hall–Kier alpha value is -8.34. The van der Waals surface area contributed by atoms with Gasteiger partial charge in [0.1, 0.15) is 15.6 Å². The summed E-state index contributed by atoms with van der Waals surface area (Å²) < 4.78 is 195. The summed E-state index contributed by atoms with van der Waals surface area (Å²) in [6, 6.07) is 8.01. The molecule has 0 radical (unpaired) electrons. The number of carbonyl (C=O) groups is 3. The van der Waals surface area contributed by atoms with Crippen LogP contribution in [0.5, 0.6) is 23.5 Å². The van der Waals surface area contributed by atoms with Gasteiger partial charge in [0, 0.05) is 6.20 Å². The van der Waals surface area contributed by atoms with E-state index in [4.69, 9.17) is 37.8 Å². The summed E-state index contributed by atoms with van der Waals surface area (Å²) in [5.74, 6) is -5.20. The molecule has 0 aliphatic heterocycles. The van der Waals surface area contributed by atoms with Crippen LogP contribution in [0, 0.1) is 6.92 Å². The van der Waals surface area contributed by atoms with Crippen LogP contribution in [0.15, 0.2) is 86.5 Å². The van der Waals surface area contributed by atoms with E-state index in [-0.39, 0.29) is 55.3 Å². The molecule has 4 amide bonds. The van der Waals surface area contributed by atoms with E-state index >= 15 is 0 Å². The number of sulfonamides is 3. The molecule has 0 aliphatic carbocycles. The first-order valence-corrected chi connectivity index (χ1v) is 28.2. The number of urea groups is 2. The zero-order valence-corrected chi connectivity index (χ0v) is 45.8. The Morgan fingerprint density at radius 2 is 1.20 bits per heavy atom. The van der Waals surface area contributed by atoms with Crippen molar-refractivity contribution < 1.29 is 98.5 Å². The van der Waals surface area contributed by atoms with Gasteiger partial charge in [-0.15, -0.1) is 5.10 Å². The molecule has 6 rings (SSSR count). The number of anilines is 3. The number of sulfone groups is 1. The quantitative estimate of drug-likeness (QED) is 0.0608. The van der Waals surface area contributed by atoms with Gasteiger partial charge in [-0.25, -0.2) is 63.4 Å². The van der Waals surface area contributed by atoms with Crippen molar-refractivity contribution in [3.05, 3.63) is 98.8 Å². The summed E-state index contributed by atoms with van der Waals surface area (Å²) in [5.41, 5.74) is -1.92. The van der Waals surface area contributed by atoms with Gasteiger partial charge in [-0.1, -0.05) is 42.3 Å². The number of alkyl halides is 6. The van der Waals surface area contributed by atoms with Gasteiger partial charge in [-0.2, -0.15) is 59.4 Å². The number of halogens is 8. The zero-order valence-electron chi connectivity index (χ0n) is 41.0. The molecular formula is C39H37Cl2F6N13O17S4. The van der Waals surface area contributed by atoms with Gasteiger partial charge in [0.05, 0.1) is 65.3 Å². The molecule has 0 aliphatic rings. The summed E-state index contributed by atoms with van der Waals surface area (Å²) in [4.78, 5) is 63.7. The van der Waals surface area contributed by atoms with Crippen LogP contribution in [0.1, 0.15) is 29.7 Å². The highest BCUT2D eigenvalue weighted by atomic mass is 35.5. The lowest BCUT2D eigenvalue weighted by molar-refractivity contribution is -0.0580. The van der Waals surface area contributed by atoms with Gasteiger partial charge in [0.2, 0.25) is 45.4 Å². The third-order valence-corrected chi connectivity index (χ3v) is 14.7. The molecule has 30 nitrogen and oxygen atoms in total. The summed E-state index contributed by atoms with van der Waals surface area (Å²) in [5, 5.41) is 15.7. The molecule has 0 spiro atoms. The maximum atomic E-state index is 12.8. The highest BCUT2D eigenvalue weighted by Gasteiger charge is 2.30. The number of amides is 4. The Kier molecular flexibility index (Phi) is 21.9. The van der Waals surface area contributed by atoms with Crippen LogP contribution in [-0.4, -0.2) is 136 Å². The maximum absolute atomic E-state index is 12.8. The standard InChI is InChI=1S/C14H10F4N4O7S.C14H17N5O7S2.C11H10Cl2F2N4O3S/c15-11(16)28-8-5-9(29-12(17)18)20-13(19-8)21-14(25)22-30(26,27)7-4-2-1-3-6(7)10(23)24;1-4-27(21,22)9-6-5-7-15-12(9)28(23,24)19-14(20)18-13-16-10(25-2)8-11(17-13)26-3;1-5-16-19(11(20)18(5)10(14)15)9-4-8(17-23(2,21)22)6(12)3-7(9)13/h1-5,11-12H,(H,23,24)(H2,19,20,21,22,25);5-8H,4H2,1-3H3,(H2,16,17,18,19,20);3-4,10,17H,1-2H3. The summed E-state index contributed by atoms with van der Waals surface area (Å²) >= 11 is 11.8. The van der Waals surface area contributed by atoms with E-state index in [9.17, 15) is 79.2 Å². The number of methoxy groups -OCH3 is 2. The predicted octanol–water partition coefficient (Wildman–Crippen LogP) is 4.50. The molecule has 0 unspecified atom stereocenters. The number of aromatic carboxylic acids is 1. The normalized spacial score (nSPS) is 11.6. The number of rotatable bonds is 19. The van der Waals surface area contributed by atoms with Crippen LogP contribution in [0.4, 0.5) is 53.5 Å². The highest BCUT2D eigenvalue weighted by molar-refractivity contribution is 7.94. The number of pyridine rings is 1. The molecule has 0 bridgehead atoms. The van der Waals surface area contributed by atoms with Crippen molar-refractivity contribution in [1.82, 2.24) is 48.7 Å².